The molecule has 0 atom stereocenters. The molecular weight excluding hydrogens is 312 g/mol. The number of hydrogen-bond acceptors (Lipinski definition) is 2. The molecule has 102 valence electrons. The summed E-state index contributed by atoms with van der Waals surface area (Å²) in [6.45, 7) is 6.47. The molecule has 0 radical (unpaired) electrons. The summed E-state index contributed by atoms with van der Waals surface area (Å²) in [5, 5.41) is 11.6. The molecular formula is C13H15BrN2O3. The second kappa shape index (κ2) is 6.94. The summed E-state index contributed by atoms with van der Waals surface area (Å²) >= 11 is 3.24. The van der Waals surface area contributed by atoms with Crippen LogP contribution in [-0.2, 0) is 0 Å². The summed E-state index contributed by atoms with van der Waals surface area (Å²) in [6.07, 6.45) is 1.64. The highest BCUT2D eigenvalue weighted by Gasteiger charge is 2.13. The summed E-state index contributed by atoms with van der Waals surface area (Å²) in [4.78, 5) is 24.3. The van der Waals surface area contributed by atoms with Crippen LogP contribution in [0.2, 0.25) is 0 Å². The molecule has 0 aliphatic heterocycles. The molecule has 19 heavy (non-hydrogen) atoms. The van der Waals surface area contributed by atoms with Gasteiger partial charge in [-0.15, -0.1) is 6.58 Å². The van der Waals surface area contributed by atoms with Crippen molar-refractivity contribution >= 4 is 33.6 Å². The highest BCUT2D eigenvalue weighted by molar-refractivity contribution is 9.10. The third-order valence-electron chi connectivity index (χ3n) is 2.48. The number of hydrogen-bond donors (Lipinski definition) is 2. The molecule has 6 heteroatoms. The Balaban J connectivity index is 2.85. The van der Waals surface area contributed by atoms with Crippen LogP contribution in [0.4, 0.5) is 10.5 Å². The number of carboxylic acids is 1. The first-order valence-electron chi connectivity index (χ1n) is 5.69. The number of amides is 2. The van der Waals surface area contributed by atoms with E-state index in [0.717, 1.165) is 0 Å². The van der Waals surface area contributed by atoms with E-state index in [0.29, 0.717) is 23.2 Å². The number of halogens is 1. The minimum absolute atomic E-state index is 0.156. The molecule has 0 saturated carbocycles. The largest absolute Gasteiger partial charge is 0.478 e. The van der Waals surface area contributed by atoms with Gasteiger partial charge in [-0.3, -0.25) is 0 Å². The Morgan fingerprint density at radius 2 is 2.21 bits per heavy atom. The Bertz CT molecular complexity index is 503. The van der Waals surface area contributed by atoms with Crippen LogP contribution in [0.15, 0.2) is 35.3 Å². The van der Waals surface area contributed by atoms with Gasteiger partial charge in [-0.1, -0.05) is 6.08 Å². The minimum Gasteiger partial charge on any atom is -0.478 e. The molecule has 0 bridgehead atoms. The first-order chi connectivity index (χ1) is 8.99. The number of rotatable bonds is 5. The van der Waals surface area contributed by atoms with Crippen molar-refractivity contribution in [2.24, 2.45) is 0 Å². The summed E-state index contributed by atoms with van der Waals surface area (Å²) < 4.78 is 0.524. The smallest absolute Gasteiger partial charge is 0.335 e. The summed E-state index contributed by atoms with van der Waals surface area (Å²) in [6, 6.07) is 4.17. The van der Waals surface area contributed by atoms with Gasteiger partial charge in [0.2, 0.25) is 0 Å². The number of carbonyl (C=O) groups is 2. The molecule has 0 unspecified atom stereocenters. The summed E-state index contributed by atoms with van der Waals surface area (Å²) in [5.74, 6) is -1.01. The maximum atomic E-state index is 11.9. The van der Waals surface area contributed by atoms with Crippen molar-refractivity contribution in [3.63, 3.8) is 0 Å². The van der Waals surface area contributed by atoms with Gasteiger partial charge in [0.15, 0.2) is 0 Å². The fourth-order valence-electron chi connectivity index (χ4n) is 1.46. The molecule has 0 saturated heterocycles. The van der Waals surface area contributed by atoms with Gasteiger partial charge in [0.05, 0.1) is 11.3 Å². The molecule has 0 aliphatic rings. The molecule has 5 nitrogen and oxygen atoms in total. The zero-order valence-corrected chi connectivity index (χ0v) is 12.1. The average Bonchev–Trinajstić information content (AvgIpc) is 2.37. The molecule has 0 fully saturated rings. The topological polar surface area (TPSA) is 69.6 Å². The highest BCUT2D eigenvalue weighted by atomic mass is 79.9. The molecule has 0 aromatic heterocycles. The maximum absolute atomic E-state index is 11.9. The average molecular weight is 327 g/mol. The summed E-state index contributed by atoms with van der Waals surface area (Å²) in [5.41, 5.74) is 0.681. The molecule has 0 spiro atoms. The number of nitrogens with one attached hydrogen (secondary N) is 1. The SMILES string of the molecule is C=CCN(CC)C(=O)Nc1ccc(C(=O)O)cc1Br. The number of urea groups is 1. The quantitative estimate of drug-likeness (QED) is 0.816. The van der Waals surface area contributed by atoms with Crippen molar-refractivity contribution in [2.45, 2.75) is 6.92 Å². The Kier molecular flexibility index (Phi) is 5.57. The van der Waals surface area contributed by atoms with Crippen LogP contribution in [0.1, 0.15) is 17.3 Å². The Hall–Kier alpha value is -1.82. The lowest BCUT2D eigenvalue weighted by Gasteiger charge is -2.20. The molecule has 1 aromatic rings. The van der Waals surface area contributed by atoms with Crippen LogP contribution in [0.3, 0.4) is 0 Å². The predicted octanol–water partition coefficient (Wildman–Crippen LogP) is 3.19. The first-order valence-corrected chi connectivity index (χ1v) is 6.48. The van der Waals surface area contributed by atoms with Crippen molar-refractivity contribution in [3.8, 4) is 0 Å². The first kappa shape index (κ1) is 15.2. The number of benzene rings is 1. The number of anilines is 1. The summed E-state index contributed by atoms with van der Waals surface area (Å²) in [7, 11) is 0. The number of carboxylic acid groups (broad SMARTS) is 1. The van der Waals surface area contributed by atoms with Gasteiger partial charge < -0.3 is 15.3 Å². The van der Waals surface area contributed by atoms with Gasteiger partial charge in [0.1, 0.15) is 0 Å². The van der Waals surface area contributed by atoms with Crippen molar-refractivity contribution < 1.29 is 14.7 Å². The number of nitrogens with zero attached hydrogens (tertiary/aromatic N) is 1. The molecule has 1 aromatic carbocycles. The van der Waals surface area contributed by atoms with Crippen molar-refractivity contribution in [1.29, 1.82) is 0 Å². The van der Waals surface area contributed by atoms with Gasteiger partial charge in [0.25, 0.3) is 0 Å². The van der Waals surface area contributed by atoms with Crippen molar-refractivity contribution in [2.75, 3.05) is 18.4 Å². The number of carbonyl (C=O) groups excluding carboxylic acids is 1. The second-order valence-corrected chi connectivity index (χ2v) is 4.61. The van der Waals surface area contributed by atoms with Gasteiger partial charge in [0, 0.05) is 17.6 Å². The number of likely N-dealkylation sites (N-methyl/N-ethyl adjacent to an activating group) is 1. The second-order valence-electron chi connectivity index (χ2n) is 3.76. The fraction of sp³-hybridized carbons (Fsp3) is 0.231. The Morgan fingerprint density at radius 1 is 1.53 bits per heavy atom. The highest BCUT2D eigenvalue weighted by Crippen LogP contribution is 2.24. The molecule has 2 amide bonds. The van der Waals surface area contributed by atoms with E-state index in [1.165, 1.54) is 12.1 Å². The fourth-order valence-corrected chi connectivity index (χ4v) is 1.93. The maximum Gasteiger partial charge on any atom is 0.335 e. The van der Waals surface area contributed by atoms with E-state index in [9.17, 15) is 9.59 Å². The van der Waals surface area contributed by atoms with Crippen molar-refractivity contribution in [1.82, 2.24) is 4.90 Å². The third-order valence-corrected chi connectivity index (χ3v) is 3.13. The van der Waals surface area contributed by atoms with Crippen LogP contribution in [0.25, 0.3) is 0 Å². The lowest BCUT2D eigenvalue weighted by Crippen LogP contribution is -2.34. The van der Waals surface area contributed by atoms with E-state index in [-0.39, 0.29) is 11.6 Å². The van der Waals surface area contributed by atoms with E-state index in [4.69, 9.17) is 5.11 Å². The van der Waals surface area contributed by atoms with Crippen molar-refractivity contribution in [3.05, 3.63) is 40.9 Å². The standard InChI is InChI=1S/C13H15BrN2O3/c1-3-7-16(4-2)13(19)15-11-6-5-9(12(17)18)8-10(11)14/h3,5-6,8H,1,4,7H2,2H3,(H,15,19)(H,17,18). The minimum atomic E-state index is -1.01. The van der Waals surface area contributed by atoms with E-state index < -0.39 is 5.97 Å². The predicted molar refractivity (Wildman–Crippen MR) is 77.6 cm³/mol. The zero-order valence-electron chi connectivity index (χ0n) is 10.5. The lowest BCUT2D eigenvalue weighted by molar-refractivity contribution is 0.0697. The third kappa shape index (κ3) is 4.10. The van der Waals surface area contributed by atoms with Crippen LogP contribution in [0.5, 0.6) is 0 Å². The van der Waals surface area contributed by atoms with E-state index in [2.05, 4.69) is 27.8 Å². The normalized spacial score (nSPS) is 9.79. The lowest BCUT2D eigenvalue weighted by atomic mass is 10.2. The van der Waals surface area contributed by atoms with Gasteiger partial charge >= 0.3 is 12.0 Å². The van der Waals surface area contributed by atoms with E-state index in [1.54, 1.807) is 17.0 Å². The van der Waals surface area contributed by atoms with E-state index in [1.807, 2.05) is 6.92 Å². The van der Waals surface area contributed by atoms with Gasteiger partial charge in [-0.05, 0) is 41.1 Å². The Morgan fingerprint density at radius 3 is 2.68 bits per heavy atom. The van der Waals surface area contributed by atoms with Crippen LogP contribution >= 0.6 is 15.9 Å². The van der Waals surface area contributed by atoms with Crippen LogP contribution < -0.4 is 5.32 Å². The molecule has 0 aliphatic carbocycles. The van der Waals surface area contributed by atoms with Crippen LogP contribution in [0, 0.1) is 0 Å². The van der Waals surface area contributed by atoms with Crippen LogP contribution in [-0.4, -0.2) is 35.1 Å². The molecule has 0 heterocycles. The molecule has 1 rings (SSSR count). The zero-order chi connectivity index (χ0) is 14.4. The Labute approximate surface area is 120 Å². The van der Waals surface area contributed by atoms with Gasteiger partial charge in [-0.2, -0.15) is 0 Å². The monoisotopic (exact) mass is 326 g/mol. The van der Waals surface area contributed by atoms with Gasteiger partial charge in [-0.25, -0.2) is 9.59 Å². The number of aromatic carboxylic acids is 1. The molecule has 2 N–H and O–H groups in total. The van der Waals surface area contributed by atoms with E-state index >= 15 is 0 Å².